The van der Waals surface area contributed by atoms with Crippen molar-refractivity contribution in [1.29, 1.82) is 0 Å². The third kappa shape index (κ3) is 4.81. The number of aliphatic hydroxyl groups excluding tert-OH is 1. The largest absolute Gasteiger partial charge is 0.393 e. The maximum atomic E-state index is 12.8. The van der Waals surface area contributed by atoms with Crippen LogP contribution in [0.25, 0.3) is 0 Å². The molecule has 116 valence electrons. The van der Waals surface area contributed by atoms with E-state index >= 15 is 0 Å². The van der Waals surface area contributed by atoms with Gasteiger partial charge in [-0.1, -0.05) is 19.1 Å². The van der Waals surface area contributed by atoms with Crippen molar-refractivity contribution in [2.75, 3.05) is 0 Å². The third-order valence-electron chi connectivity index (χ3n) is 4.29. The van der Waals surface area contributed by atoms with Gasteiger partial charge in [0.15, 0.2) is 0 Å². The highest BCUT2D eigenvalue weighted by atomic mass is 19.1. The van der Waals surface area contributed by atoms with Crippen molar-refractivity contribution in [2.45, 2.75) is 57.6 Å². The zero-order valence-corrected chi connectivity index (χ0v) is 12.5. The van der Waals surface area contributed by atoms with Gasteiger partial charge in [-0.15, -0.1) is 0 Å². The van der Waals surface area contributed by atoms with Crippen LogP contribution in [-0.4, -0.2) is 23.2 Å². The third-order valence-corrected chi connectivity index (χ3v) is 4.29. The standard InChI is InChI=1S/C17H24FNO2/c1-2-16(13-10-15(20)11-13)19-17(21)5-3-4-12-6-8-14(18)9-7-12/h6-9,13,15-16,20H,2-5,10-11H2,1H3,(H,19,21)/t13?,15?,16-/m1/s1. The molecule has 1 aliphatic rings. The van der Waals surface area contributed by atoms with Crippen molar-refractivity contribution >= 4 is 5.91 Å². The van der Waals surface area contributed by atoms with Gasteiger partial charge in [-0.25, -0.2) is 4.39 Å². The summed E-state index contributed by atoms with van der Waals surface area (Å²) in [5.74, 6) is 0.265. The number of hydrogen-bond acceptors (Lipinski definition) is 2. The molecule has 0 saturated heterocycles. The smallest absolute Gasteiger partial charge is 0.220 e. The van der Waals surface area contributed by atoms with E-state index in [2.05, 4.69) is 12.2 Å². The van der Waals surface area contributed by atoms with Gasteiger partial charge >= 0.3 is 0 Å². The minimum atomic E-state index is -0.232. The van der Waals surface area contributed by atoms with Crippen molar-refractivity contribution in [1.82, 2.24) is 5.32 Å². The van der Waals surface area contributed by atoms with E-state index in [0.29, 0.717) is 12.3 Å². The van der Waals surface area contributed by atoms with E-state index in [1.165, 1.54) is 12.1 Å². The molecule has 2 N–H and O–H groups in total. The summed E-state index contributed by atoms with van der Waals surface area (Å²) in [6.07, 6.45) is 4.36. The van der Waals surface area contributed by atoms with Gasteiger partial charge in [0.05, 0.1) is 6.10 Å². The average molecular weight is 293 g/mol. The highest BCUT2D eigenvalue weighted by Gasteiger charge is 2.33. The summed E-state index contributed by atoms with van der Waals surface area (Å²) in [4.78, 5) is 11.9. The monoisotopic (exact) mass is 293 g/mol. The number of benzene rings is 1. The van der Waals surface area contributed by atoms with Crippen LogP contribution in [0.4, 0.5) is 4.39 Å². The topological polar surface area (TPSA) is 49.3 Å². The summed E-state index contributed by atoms with van der Waals surface area (Å²) < 4.78 is 12.8. The van der Waals surface area contributed by atoms with Crippen LogP contribution in [0.5, 0.6) is 0 Å². The molecule has 0 unspecified atom stereocenters. The molecule has 0 spiro atoms. The predicted molar refractivity (Wildman–Crippen MR) is 80.3 cm³/mol. The summed E-state index contributed by atoms with van der Waals surface area (Å²) >= 11 is 0. The lowest BCUT2D eigenvalue weighted by Crippen LogP contribution is -2.46. The fraction of sp³-hybridized carbons (Fsp3) is 0.588. The number of carbonyl (C=O) groups excluding carboxylic acids is 1. The molecule has 0 aromatic heterocycles. The normalized spacial score (nSPS) is 22.4. The van der Waals surface area contributed by atoms with E-state index in [-0.39, 0.29) is 23.9 Å². The molecule has 0 radical (unpaired) electrons. The Kier molecular flexibility index (Phi) is 5.74. The van der Waals surface area contributed by atoms with Gasteiger partial charge in [-0.2, -0.15) is 0 Å². The van der Waals surface area contributed by atoms with E-state index in [1.54, 1.807) is 12.1 Å². The van der Waals surface area contributed by atoms with Crippen LogP contribution in [0.15, 0.2) is 24.3 Å². The van der Waals surface area contributed by atoms with Gasteiger partial charge in [0.25, 0.3) is 0 Å². The molecule has 1 fully saturated rings. The summed E-state index contributed by atoms with van der Waals surface area (Å²) in [6, 6.07) is 6.61. The minimum absolute atomic E-state index is 0.0744. The Balaban J connectivity index is 1.68. The van der Waals surface area contributed by atoms with Gasteiger partial charge in [0, 0.05) is 12.5 Å². The van der Waals surface area contributed by atoms with Crippen LogP contribution < -0.4 is 5.32 Å². The Morgan fingerprint density at radius 2 is 2.05 bits per heavy atom. The fourth-order valence-electron chi connectivity index (χ4n) is 2.89. The lowest BCUT2D eigenvalue weighted by molar-refractivity contribution is -0.123. The SMILES string of the molecule is CC[C@@H](NC(=O)CCCc1ccc(F)cc1)C1CC(O)C1. The Labute approximate surface area is 125 Å². The van der Waals surface area contributed by atoms with Crippen molar-refractivity contribution in [3.8, 4) is 0 Å². The first-order valence-corrected chi connectivity index (χ1v) is 7.80. The molecule has 21 heavy (non-hydrogen) atoms. The van der Waals surface area contributed by atoms with Gasteiger partial charge < -0.3 is 10.4 Å². The van der Waals surface area contributed by atoms with Gasteiger partial charge in [0.2, 0.25) is 5.91 Å². The van der Waals surface area contributed by atoms with Crippen LogP contribution in [0, 0.1) is 11.7 Å². The van der Waals surface area contributed by atoms with Gasteiger partial charge in [0.1, 0.15) is 5.82 Å². The van der Waals surface area contributed by atoms with Crippen molar-refractivity contribution in [3.05, 3.63) is 35.6 Å². The number of aryl methyl sites for hydroxylation is 1. The van der Waals surface area contributed by atoms with Crippen LogP contribution in [0.1, 0.15) is 44.6 Å². The second-order valence-electron chi connectivity index (χ2n) is 5.95. The number of amides is 1. The molecular formula is C17H24FNO2. The number of nitrogens with one attached hydrogen (secondary N) is 1. The number of halogens is 1. The first-order chi connectivity index (χ1) is 10.1. The minimum Gasteiger partial charge on any atom is -0.393 e. The summed E-state index contributed by atoms with van der Waals surface area (Å²) in [5.41, 5.74) is 1.05. The quantitative estimate of drug-likeness (QED) is 0.812. The molecule has 0 bridgehead atoms. The summed E-state index contributed by atoms with van der Waals surface area (Å²) in [7, 11) is 0. The Morgan fingerprint density at radius 1 is 1.38 bits per heavy atom. The molecule has 0 heterocycles. The van der Waals surface area contributed by atoms with E-state index in [9.17, 15) is 14.3 Å². The molecule has 0 aliphatic heterocycles. The van der Waals surface area contributed by atoms with Crippen molar-refractivity contribution in [2.24, 2.45) is 5.92 Å². The maximum absolute atomic E-state index is 12.8. The van der Waals surface area contributed by atoms with E-state index in [0.717, 1.165) is 37.7 Å². The number of rotatable bonds is 7. The average Bonchev–Trinajstić information content (AvgIpc) is 2.44. The van der Waals surface area contributed by atoms with Crippen LogP contribution >= 0.6 is 0 Å². The van der Waals surface area contributed by atoms with Crippen LogP contribution in [0.3, 0.4) is 0 Å². The predicted octanol–water partition coefficient (Wildman–Crippen LogP) is 2.81. The Morgan fingerprint density at radius 3 is 2.62 bits per heavy atom. The van der Waals surface area contributed by atoms with Crippen LogP contribution in [-0.2, 0) is 11.2 Å². The number of carbonyl (C=O) groups is 1. The highest BCUT2D eigenvalue weighted by Crippen LogP contribution is 2.31. The van der Waals surface area contributed by atoms with E-state index in [4.69, 9.17) is 0 Å². The second-order valence-corrected chi connectivity index (χ2v) is 5.95. The molecule has 2 rings (SSSR count). The molecule has 1 amide bonds. The number of aliphatic hydroxyl groups is 1. The summed E-state index contributed by atoms with van der Waals surface area (Å²) in [5, 5.41) is 12.4. The first kappa shape index (κ1) is 16.0. The molecule has 4 heteroatoms. The van der Waals surface area contributed by atoms with Gasteiger partial charge in [-0.05, 0) is 55.7 Å². The second kappa shape index (κ2) is 7.55. The lowest BCUT2D eigenvalue weighted by Gasteiger charge is -2.37. The molecule has 1 aromatic carbocycles. The highest BCUT2D eigenvalue weighted by molar-refractivity contribution is 5.76. The maximum Gasteiger partial charge on any atom is 0.220 e. The van der Waals surface area contributed by atoms with E-state index < -0.39 is 0 Å². The lowest BCUT2D eigenvalue weighted by atomic mass is 9.76. The summed E-state index contributed by atoms with van der Waals surface area (Å²) in [6.45, 7) is 2.06. The molecule has 1 atom stereocenters. The molecule has 1 saturated carbocycles. The van der Waals surface area contributed by atoms with Crippen molar-refractivity contribution in [3.63, 3.8) is 0 Å². The molecule has 1 aliphatic carbocycles. The Hall–Kier alpha value is -1.42. The number of hydrogen-bond donors (Lipinski definition) is 2. The first-order valence-electron chi connectivity index (χ1n) is 7.80. The van der Waals surface area contributed by atoms with Crippen LogP contribution in [0.2, 0.25) is 0 Å². The molecule has 1 aromatic rings. The molecule has 3 nitrogen and oxygen atoms in total. The Bertz CT molecular complexity index is 454. The van der Waals surface area contributed by atoms with Crippen molar-refractivity contribution < 1.29 is 14.3 Å². The van der Waals surface area contributed by atoms with Gasteiger partial charge in [-0.3, -0.25) is 4.79 Å². The fourth-order valence-corrected chi connectivity index (χ4v) is 2.89. The van der Waals surface area contributed by atoms with E-state index in [1.807, 2.05) is 0 Å². The zero-order chi connectivity index (χ0) is 15.2. The zero-order valence-electron chi connectivity index (χ0n) is 12.5. The molecular weight excluding hydrogens is 269 g/mol.